The van der Waals surface area contributed by atoms with Crippen LogP contribution in [0.3, 0.4) is 0 Å². The fourth-order valence-electron chi connectivity index (χ4n) is 2.67. The van der Waals surface area contributed by atoms with Gasteiger partial charge < -0.3 is 0 Å². The lowest BCUT2D eigenvalue weighted by Crippen LogP contribution is -2.07. The first-order valence-electron chi connectivity index (χ1n) is 6.89. The Morgan fingerprint density at radius 2 is 1.10 bits per heavy atom. The van der Waals surface area contributed by atoms with Crippen LogP contribution in [0.1, 0.15) is 40.9 Å². The van der Waals surface area contributed by atoms with Gasteiger partial charge in [0.1, 0.15) is 0 Å². The number of hydrogen-bond acceptors (Lipinski definition) is 1. The average molecular weight is 323 g/mol. The number of benzene rings is 2. The molecule has 2 aromatic carbocycles. The fraction of sp³-hybridized carbons (Fsp3) is 0.294. The van der Waals surface area contributed by atoms with E-state index in [1.165, 1.54) is 30.4 Å². The summed E-state index contributed by atoms with van der Waals surface area (Å²) in [6, 6.07) is 16.6. The third-order valence-electron chi connectivity index (χ3n) is 3.74. The SMILES string of the molecule is Clc1ccc(C2CCCC(c3ccc(Cl)cc3)S2)cc1. The molecule has 20 heavy (non-hydrogen) atoms. The second-order valence-corrected chi connectivity index (χ2v) is 7.43. The van der Waals surface area contributed by atoms with Crippen molar-refractivity contribution in [3.63, 3.8) is 0 Å². The van der Waals surface area contributed by atoms with Crippen LogP contribution in [0, 0.1) is 0 Å². The maximum absolute atomic E-state index is 5.97. The molecular formula is C17H16Cl2S. The van der Waals surface area contributed by atoms with E-state index in [1.54, 1.807) is 0 Å². The molecule has 0 aliphatic carbocycles. The smallest absolute Gasteiger partial charge is 0.0406 e. The zero-order valence-electron chi connectivity index (χ0n) is 11.1. The number of halogens is 2. The highest BCUT2D eigenvalue weighted by atomic mass is 35.5. The van der Waals surface area contributed by atoms with Crippen molar-refractivity contribution in [2.45, 2.75) is 29.8 Å². The first-order chi connectivity index (χ1) is 9.72. The van der Waals surface area contributed by atoms with Crippen molar-refractivity contribution in [1.82, 2.24) is 0 Å². The third-order valence-corrected chi connectivity index (χ3v) is 5.92. The summed E-state index contributed by atoms with van der Waals surface area (Å²) in [6.45, 7) is 0. The minimum atomic E-state index is 0.571. The minimum Gasteiger partial charge on any atom is -0.146 e. The Labute approximate surface area is 134 Å². The normalized spacial score (nSPS) is 22.7. The van der Waals surface area contributed by atoms with E-state index in [9.17, 15) is 0 Å². The van der Waals surface area contributed by atoms with E-state index in [0.717, 1.165) is 10.0 Å². The highest BCUT2D eigenvalue weighted by Gasteiger charge is 2.24. The molecule has 0 N–H and O–H groups in total. The Hall–Kier alpha value is -0.630. The summed E-state index contributed by atoms with van der Waals surface area (Å²) in [6.07, 6.45) is 3.76. The van der Waals surface area contributed by atoms with Crippen LogP contribution in [-0.2, 0) is 0 Å². The molecule has 1 fully saturated rings. The van der Waals surface area contributed by atoms with E-state index in [-0.39, 0.29) is 0 Å². The van der Waals surface area contributed by atoms with E-state index in [4.69, 9.17) is 23.2 Å². The van der Waals surface area contributed by atoms with Crippen LogP contribution in [-0.4, -0.2) is 0 Å². The lowest BCUT2D eigenvalue weighted by Gasteiger charge is -2.29. The molecule has 2 unspecified atom stereocenters. The Balaban J connectivity index is 1.76. The van der Waals surface area contributed by atoms with Crippen LogP contribution >= 0.6 is 35.0 Å². The van der Waals surface area contributed by atoms with Gasteiger partial charge in [-0.15, -0.1) is 11.8 Å². The van der Waals surface area contributed by atoms with Gasteiger partial charge in [0.2, 0.25) is 0 Å². The van der Waals surface area contributed by atoms with Crippen LogP contribution in [0.25, 0.3) is 0 Å². The van der Waals surface area contributed by atoms with Crippen LogP contribution < -0.4 is 0 Å². The molecule has 2 atom stereocenters. The van der Waals surface area contributed by atoms with E-state index >= 15 is 0 Å². The molecule has 1 heterocycles. The summed E-state index contributed by atoms with van der Waals surface area (Å²) >= 11 is 14.0. The maximum Gasteiger partial charge on any atom is 0.0406 e. The lowest BCUT2D eigenvalue weighted by atomic mass is 10.0. The molecule has 0 aromatic heterocycles. The molecule has 0 bridgehead atoms. The summed E-state index contributed by atoms with van der Waals surface area (Å²) < 4.78 is 0. The van der Waals surface area contributed by atoms with Crippen molar-refractivity contribution in [2.75, 3.05) is 0 Å². The van der Waals surface area contributed by atoms with Gasteiger partial charge in [0.05, 0.1) is 0 Å². The first kappa shape index (κ1) is 14.3. The molecule has 3 rings (SSSR count). The first-order valence-corrected chi connectivity index (χ1v) is 8.58. The monoisotopic (exact) mass is 322 g/mol. The second-order valence-electron chi connectivity index (χ2n) is 5.15. The highest BCUT2D eigenvalue weighted by molar-refractivity contribution is 7.99. The van der Waals surface area contributed by atoms with Gasteiger partial charge in [-0.2, -0.15) is 0 Å². The van der Waals surface area contributed by atoms with Crippen LogP contribution in [0.5, 0.6) is 0 Å². The quantitative estimate of drug-likeness (QED) is 0.593. The van der Waals surface area contributed by atoms with E-state index in [0.29, 0.717) is 10.5 Å². The zero-order valence-corrected chi connectivity index (χ0v) is 13.4. The third kappa shape index (κ3) is 3.33. The largest absolute Gasteiger partial charge is 0.146 e. The second kappa shape index (κ2) is 6.43. The number of thioether (sulfide) groups is 1. The zero-order chi connectivity index (χ0) is 13.9. The van der Waals surface area contributed by atoms with Crippen molar-refractivity contribution >= 4 is 35.0 Å². The molecule has 2 aromatic rings. The Morgan fingerprint density at radius 3 is 1.50 bits per heavy atom. The van der Waals surface area contributed by atoms with Gasteiger partial charge in [0.15, 0.2) is 0 Å². The van der Waals surface area contributed by atoms with Crippen molar-refractivity contribution < 1.29 is 0 Å². The number of rotatable bonds is 2. The maximum atomic E-state index is 5.97. The van der Waals surface area contributed by atoms with E-state index in [1.807, 2.05) is 24.3 Å². The predicted molar refractivity (Wildman–Crippen MR) is 89.8 cm³/mol. The van der Waals surface area contributed by atoms with Gasteiger partial charge in [-0.05, 0) is 48.2 Å². The van der Waals surface area contributed by atoms with Gasteiger partial charge in [-0.1, -0.05) is 53.9 Å². The fourth-order valence-corrected chi connectivity index (χ4v) is 4.55. The van der Waals surface area contributed by atoms with Gasteiger partial charge in [0, 0.05) is 20.5 Å². The van der Waals surface area contributed by atoms with Crippen molar-refractivity contribution in [3.05, 3.63) is 69.7 Å². The molecule has 1 aliphatic rings. The molecule has 1 aliphatic heterocycles. The Morgan fingerprint density at radius 1 is 0.700 bits per heavy atom. The summed E-state index contributed by atoms with van der Waals surface area (Å²) in [7, 11) is 0. The summed E-state index contributed by atoms with van der Waals surface area (Å²) in [5.41, 5.74) is 2.77. The van der Waals surface area contributed by atoms with E-state index < -0.39 is 0 Å². The number of hydrogen-bond donors (Lipinski definition) is 0. The standard InChI is InChI=1S/C17H16Cl2S/c18-14-8-4-12(5-9-14)16-2-1-3-17(20-16)13-6-10-15(19)11-7-13/h4-11,16-17H,1-3H2. The van der Waals surface area contributed by atoms with E-state index in [2.05, 4.69) is 36.0 Å². The Bertz CT molecular complexity index is 511. The van der Waals surface area contributed by atoms with Crippen LogP contribution in [0.4, 0.5) is 0 Å². The minimum absolute atomic E-state index is 0.571. The predicted octanol–water partition coefficient (Wildman–Crippen LogP) is 6.69. The van der Waals surface area contributed by atoms with Crippen LogP contribution in [0.2, 0.25) is 10.0 Å². The van der Waals surface area contributed by atoms with Crippen molar-refractivity contribution in [3.8, 4) is 0 Å². The molecule has 104 valence electrons. The average Bonchev–Trinajstić information content (AvgIpc) is 2.49. The molecule has 0 nitrogen and oxygen atoms in total. The molecule has 3 heteroatoms. The highest BCUT2D eigenvalue weighted by Crippen LogP contribution is 2.50. The molecule has 0 amide bonds. The Kier molecular flexibility index (Phi) is 4.60. The molecule has 0 saturated carbocycles. The molecule has 0 spiro atoms. The summed E-state index contributed by atoms with van der Waals surface area (Å²) in [5.74, 6) is 0. The van der Waals surface area contributed by atoms with Crippen LogP contribution in [0.15, 0.2) is 48.5 Å². The van der Waals surface area contributed by atoms with Crippen molar-refractivity contribution in [1.29, 1.82) is 0 Å². The lowest BCUT2D eigenvalue weighted by molar-refractivity contribution is 0.629. The van der Waals surface area contributed by atoms with Gasteiger partial charge in [-0.3, -0.25) is 0 Å². The van der Waals surface area contributed by atoms with Gasteiger partial charge >= 0.3 is 0 Å². The van der Waals surface area contributed by atoms with Crippen molar-refractivity contribution in [2.24, 2.45) is 0 Å². The molecule has 1 saturated heterocycles. The summed E-state index contributed by atoms with van der Waals surface area (Å²) in [4.78, 5) is 0. The topological polar surface area (TPSA) is 0 Å². The summed E-state index contributed by atoms with van der Waals surface area (Å²) in [5, 5.41) is 2.76. The molecule has 0 radical (unpaired) electrons. The van der Waals surface area contributed by atoms with Gasteiger partial charge in [0.25, 0.3) is 0 Å². The van der Waals surface area contributed by atoms with Gasteiger partial charge in [-0.25, -0.2) is 0 Å². The molecular weight excluding hydrogens is 307 g/mol.